The highest BCUT2D eigenvalue weighted by Crippen LogP contribution is 2.46. The van der Waals surface area contributed by atoms with Crippen LogP contribution in [-0.4, -0.2) is 16.7 Å². The Bertz CT molecular complexity index is 461. The number of nitrogens with zero attached hydrogens (tertiary/aromatic N) is 1. The fourth-order valence-electron chi connectivity index (χ4n) is 2.67. The molecule has 1 aromatic rings. The molecule has 1 aliphatic carbocycles. The highest BCUT2D eigenvalue weighted by Gasteiger charge is 2.40. The van der Waals surface area contributed by atoms with Crippen molar-refractivity contribution in [3.05, 3.63) is 21.4 Å². The number of fused-ring (bicyclic) bond motifs is 3. The zero-order valence-corrected chi connectivity index (χ0v) is 10.8. The van der Waals surface area contributed by atoms with Crippen LogP contribution in [0.5, 0.6) is 5.75 Å². The fourth-order valence-corrected chi connectivity index (χ4v) is 3.23. The van der Waals surface area contributed by atoms with Gasteiger partial charge in [-0.25, -0.2) is 4.98 Å². The Morgan fingerprint density at radius 1 is 1.44 bits per heavy atom. The molecule has 1 aliphatic heterocycles. The third-order valence-corrected chi connectivity index (χ3v) is 4.36. The van der Waals surface area contributed by atoms with Gasteiger partial charge in [0.15, 0.2) is 0 Å². The molecule has 0 saturated heterocycles. The normalized spacial score (nSPS) is 26.4. The lowest BCUT2D eigenvalue weighted by Gasteiger charge is -2.21. The second kappa shape index (κ2) is 3.44. The largest absolute Gasteiger partial charge is 0.492 e. The Kier molecular flexibility index (Phi) is 2.27. The van der Waals surface area contributed by atoms with Crippen LogP contribution in [0.4, 0.5) is 0 Å². The standard InChI is InChI=1S/C12H14BrNO2/c1-2-12(15)5-3-7-9-8(4-6-16-9)11(13)14-10(7)12/h15H,2-6H2,1H3. The minimum absolute atomic E-state index is 0.707. The van der Waals surface area contributed by atoms with Crippen LogP contribution in [0.2, 0.25) is 0 Å². The van der Waals surface area contributed by atoms with Gasteiger partial charge in [-0.1, -0.05) is 6.92 Å². The van der Waals surface area contributed by atoms with E-state index in [4.69, 9.17) is 4.74 Å². The van der Waals surface area contributed by atoms with E-state index < -0.39 is 5.60 Å². The summed E-state index contributed by atoms with van der Waals surface area (Å²) in [7, 11) is 0. The Morgan fingerprint density at radius 3 is 3.00 bits per heavy atom. The summed E-state index contributed by atoms with van der Waals surface area (Å²) in [6.45, 7) is 2.73. The Labute approximate surface area is 103 Å². The Balaban J connectivity index is 2.23. The third-order valence-electron chi connectivity index (χ3n) is 3.71. The lowest BCUT2D eigenvalue weighted by Crippen LogP contribution is -2.22. The molecule has 1 atom stereocenters. The van der Waals surface area contributed by atoms with E-state index in [2.05, 4.69) is 20.9 Å². The van der Waals surface area contributed by atoms with Gasteiger partial charge >= 0.3 is 0 Å². The van der Waals surface area contributed by atoms with Crippen molar-refractivity contribution >= 4 is 15.9 Å². The summed E-state index contributed by atoms with van der Waals surface area (Å²) in [5, 5.41) is 10.5. The van der Waals surface area contributed by atoms with Crippen molar-refractivity contribution < 1.29 is 9.84 Å². The highest BCUT2D eigenvalue weighted by molar-refractivity contribution is 9.10. The van der Waals surface area contributed by atoms with Crippen LogP contribution < -0.4 is 4.74 Å². The van der Waals surface area contributed by atoms with Crippen molar-refractivity contribution in [2.24, 2.45) is 0 Å². The first-order valence-electron chi connectivity index (χ1n) is 5.72. The summed E-state index contributed by atoms with van der Waals surface area (Å²) < 4.78 is 6.52. The van der Waals surface area contributed by atoms with E-state index in [1.807, 2.05) is 6.92 Å². The van der Waals surface area contributed by atoms with Gasteiger partial charge in [-0.2, -0.15) is 0 Å². The Hall–Kier alpha value is -0.610. The predicted octanol–water partition coefficient (Wildman–Crippen LogP) is 2.32. The second-order valence-electron chi connectivity index (χ2n) is 4.52. The lowest BCUT2D eigenvalue weighted by atomic mass is 9.97. The highest BCUT2D eigenvalue weighted by atomic mass is 79.9. The molecule has 1 unspecified atom stereocenters. The van der Waals surface area contributed by atoms with E-state index in [0.717, 1.165) is 47.5 Å². The van der Waals surface area contributed by atoms with Gasteiger partial charge in [0.1, 0.15) is 16.0 Å². The maximum absolute atomic E-state index is 10.5. The van der Waals surface area contributed by atoms with Crippen molar-refractivity contribution in [1.29, 1.82) is 0 Å². The van der Waals surface area contributed by atoms with Crippen molar-refractivity contribution in [3.8, 4) is 5.75 Å². The molecule has 3 nitrogen and oxygen atoms in total. The first-order chi connectivity index (χ1) is 7.65. The number of hydrogen-bond acceptors (Lipinski definition) is 3. The summed E-state index contributed by atoms with van der Waals surface area (Å²) >= 11 is 3.48. The second-order valence-corrected chi connectivity index (χ2v) is 5.27. The molecule has 2 aliphatic rings. The van der Waals surface area contributed by atoms with E-state index in [9.17, 15) is 5.11 Å². The van der Waals surface area contributed by atoms with Gasteiger partial charge in [-0.3, -0.25) is 0 Å². The average molecular weight is 284 g/mol. The van der Waals surface area contributed by atoms with Gasteiger partial charge in [-0.15, -0.1) is 0 Å². The van der Waals surface area contributed by atoms with Crippen LogP contribution in [-0.2, 0) is 18.4 Å². The number of halogens is 1. The SMILES string of the molecule is CCC1(O)CCc2c1nc(Br)c1c2OCC1. The van der Waals surface area contributed by atoms with Gasteiger partial charge in [0, 0.05) is 17.5 Å². The van der Waals surface area contributed by atoms with Crippen molar-refractivity contribution in [3.63, 3.8) is 0 Å². The zero-order valence-electron chi connectivity index (χ0n) is 9.22. The predicted molar refractivity (Wildman–Crippen MR) is 63.6 cm³/mol. The minimum Gasteiger partial charge on any atom is -0.492 e. The van der Waals surface area contributed by atoms with Gasteiger partial charge in [-0.05, 0) is 35.2 Å². The summed E-state index contributed by atoms with van der Waals surface area (Å²) in [5.74, 6) is 0.973. The van der Waals surface area contributed by atoms with Crippen LogP contribution in [0.15, 0.2) is 4.60 Å². The van der Waals surface area contributed by atoms with Crippen molar-refractivity contribution in [2.45, 2.75) is 38.2 Å². The molecule has 4 heteroatoms. The van der Waals surface area contributed by atoms with E-state index in [-0.39, 0.29) is 0 Å². The van der Waals surface area contributed by atoms with Crippen LogP contribution in [0.25, 0.3) is 0 Å². The molecular weight excluding hydrogens is 270 g/mol. The summed E-state index contributed by atoms with van der Waals surface area (Å²) in [5.41, 5.74) is 2.36. The maximum atomic E-state index is 10.5. The molecule has 0 aromatic carbocycles. The Morgan fingerprint density at radius 2 is 2.25 bits per heavy atom. The van der Waals surface area contributed by atoms with E-state index in [1.165, 1.54) is 5.56 Å². The third kappa shape index (κ3) is 1.26. The van der Waals surface area contributed by atoms with Crippen LogP contribution >= 0.6 is 15.9 Å². The number of aliphatic hydroxyl groups is 1. The van der Waals surface area contributed by atoms with Crippen LogP contribution in [0, 0.1) is 0 Å². The molecular formula is C12H14BrNO2. The molecule has 0 saturated carbocycles. The molecule has 0 fully saturated rings. The lowest BCUT2D eigenvalue weighted by molar-refractivity contribution is 0.0304. The van der Waals surface area contributed by atoms with Crippen molar-refractivity contribution in [2.75, 3.05) is 6.61 Å². The molecule has 3 rings (SSSR count). The molecule has 0 amide bonds. The topological polar surface area (TPSA) is 42.4 Å². The molecule has 1 aromatic heterocycles. The van der Waals surface area contributed by atoms with Gasteiger partial charge < -0.3 is 9.84 Å². The van der Waals surface area contributed by atoms with E-state index in [0.29, 0.717) is 6.42 Å². The number of ether oxygens (including phenoxy) is 1. The van der Waals surface area contributed by atoms with Crippen molar-refractivity contribution in [1.82, 2.24) is 4.98 Å². The summed E-state index contributed by atoms with van der Waals surface area (Å²) in [6.07, 6.45) is 3.26. The number of pyridine rings is 1. The monoisotopic (exact) mass is 283 g/mol. The molecule has 0 spiro atoms. The van der Waals surface area contributed by atoms with Crippen LogP contribution in [0.1, 0.15) is 36.6 Å². The first kappa shape index (κ1) is 10.5. The molecule has 0 radical (unpaired) electrons. The number of rotatable bonds is 1. The van der Waals surface area contributed by atoms with Crippen LogP contribution in [0.3, 0.4) is 0 Å². The van der Waals surface area contributed by atoms with E-state index >= 15 is 0 Å². The van der Waals surface area contributed by atoms with E-state index in [1.54, 1.807) is 0 Å². The summed E-state index contributed by atoms with van der Waals surface area (Å²) in [4.78, 5) is 4.54. The number of hydrogen-bond donors (Lipinski definition) is 1. The van der Waals surface area contributed by atoms with Gasteiger partial charge in [0.05, 0.1) is 12.3 Å². The molecule has 1 N–H and O–H groups in total. The first-order valence-corrected chi connectivity index (χ1v) is 6.52. The van der Waals surface area contributed by atoms with Gasteiger partial charge in [0.2, 0.25) is 0 Å². The maximum Gasteiger partial charge on any atom is 0.130 e. The molecule has 16 heavy (non-hydrogen) atoms. The average Bonchev–Trinajstić information content (AvgIpc) is 2.86. The number of aromatic nitrogens is 1. The molecule has 0 bridgehead atoms. The fraction of sp³-hybridized carbons (Fsp3) is 0.583. The van der Waals surface area contributed by atoms with Gasteiger partial charge in [0.25, 0.3) is 0 Å². The minimum atomic E-state index is -0.751. The quantitative estimate of drug-likeness (QED) is 0.805. The zero-order chi connectivity index (χ0) is 11.3. The molecule has 2 heterocycles. The smallest absolute Gasteiger partial charge is 0.130 e. The molecule has 86 valence electrons. The summed E-state index contributed by atoms with van der Waals surface area (Å²) in [6, 6.07) is 0.